The van der Waals surface area contributed by atoms with Crippen molar-refractivity contribution in [3.63, 3.8) is 0 Å². The number of alkyl halides is 1. The number of hydrogen-bond donors (Lipinski definition) is 1. The van der Waals surface area contributed by atoms with E-state index in [2.05, 4.69) is 15.1 Å². The lowest BCUT2D eigenvalue weighted by molar-refractivity contribution is -0.119. The molecular weight excluding hydrogens is 437 g/mol. The predicted molar refractivity (Wildman–Crippen MR) is 126 cm³/mol. The van der Waals surface area contributed by atoms with Crippen molar-refractivity contribution in [2.75, 3.05) is 12.3 Å². The summed E-state index contributed by atoms with van der Waals surface area (Å²) in [7, 11) is 0. The van der Waals surface area contributed by atoms with Crippen LogP contribution in [0.15, 0.2) is 47.3 Å². The molecule has 4 aromatic rings. The highest BCUT2D eigenvalue weighted by Gasteiger charge is 2.32. The van der Waals surface area contributed by atoms with Crippen molar-refractivity contribution < 1.29 is 9.18 Å². The maximum absolute atomic E-state index is 13.9. The maximum atomic E-state index is 13.9. The van der Waals surface area contributed by atoms with Crippen molar-refractivity contribution in [3.05, 3.63) is 64.3 Å². The van der Waals surface area contributed by atoms with Gasteiger partial charge in [0, 0.05) is 23.4 Å². The van der Waals surface area contributed by atoms with Crippen molar-refractivity contribution in [1.82, 2.24) is 29.0 Å². The zero-order valence-corrected chi connectivity index (χ0v) is 18.8. The molecule has 2 atom stereocenters. The van der Waals surface area contributed by atoms with Crippen LogP contribution < -0.4 is 11.4 Å². The van der Waals surface area contributed by atoms with Crippen LogP contribution in [0.1, 0.15) is 17.8 Å². The molecule has 3 aromatic heterocycles. The number of nitrogens with zero attached hydrogens (tertiary/aromatic N) is 6. The van der Waals surface area contributed by atoms with E-state index in [0.717, 1.165) is 22.5 Å². The number of benzene rings is 1. The summed E-state index contributed by atoms with van der Waals surface area (Å²) in [5.41, 5.74) is 10.6. The molecule has 0 bridgehead atoms. The van der Waals surface area contributed by atoms with Gasteiger partial charge in [-0.3, -0.25) is 9.78 Å². The van der Waals surface area contributed by atoms with Crippen molar-refractivity contribution in [2.24, 2.45) is 0 Å². The van der Waals surface area contributed by atoms with Gasteiger partial charge in [-0.25, -0.2) is 23.3 Å². The Labute approximate surface area is 194 Å². The average Bonchev–Trinajstić information content (AvgIpc) is 3.32. The molecule has 174 valence electrons. The minimum atomic E-state index is -1.13. The first kappa shape index (κ1) is 21.7. The molecular formula is C24H24FN7O2. The third-order valence-corrected chi connectivity index (χ3v) is 6.10. The number of likely N-dealkylation sites (tertiary alicyclic amines) is 1. The number of anilines is 1. The molecule has 5 rings (SSSR count). The van der Waals surface area contributed by atoms with Gasteiger partial charge in [-0.05, 0) is 31.5 Å². The number of aromatic nitrogens is 5. The number of fused-ring (bicyclic) bond motifs is 1. The van der Waals surface area contributed by atoms with Gasteiger partial charge in [-0.1, -0.05) is 30.3 Å². The van der Waals surface area contributed by atoms with Crippen LogP contribution in [0.25, 0.3) is 28.0 Å². The van der Waals surface area contributed by atoms with Crippen molar-refractivity contribution in [1.29, 1.82) is 0 Å². The SMILES string of the molecule is Cc1cc(-c2c(-c3ccccc3)nc(N)n3c(=O)n(C[C@H]4C[C@H](F)CN4C=O)nc23)cc(C)n1. The minimum Gasteiger partial charge on any atom is -0.369 e. The maximum Gasteiger partial charge on any atom is 0.353 e. The second-order valence-corrected chi connectivity index (χ2v) is 8.61. The van der Waals surface area contributed by atoms with E-state index in [4.69, 9.17) is 5.73 Å². The fraction of sp³-hybridized carbons (Fsp3) is 0.292. The summed E-state index contributed by atoms with van der Waals surface area (Å²) >= 11 is 0. The van der Waals surface area contributed by atoms with Crippen LogP contribution in [-0.2, 0) is 11.3 Å². The third kappa shape index (κ3) is 3.70. The third-order valence-electron chi connectivity index (χ3n) is 6.10. The molecule has 1 aliphatic heterocycles. The molecule has 2 N–H and O–H groups in total. The number of nitrogen functional groups attached to an aromatic ring is 1. The number of rotatable bonds is 5. The fourth-order valence-corrected chi connectivity index (χ4v) is 4.66. The molecule has 0 radical (unpaired) electrons. The molecule has 0 aliphatic carbocycles. The van der Waals surface area contributed by atoms with E-state index in [1.807, 2.05) is 56.3 Å². The van der Waals surface area contributed by atoms with Crippen LogP contribution in [0, 0.1) is 13.8 Å². The van der Waals surface area contributed by atoms with E-state index in [1.165, 1.54) is 14.0 Å². The zero-order chi connectivity index (χ0) is 24.0. The first-order valence-electron chi connectivity index (χ1n) is 11.0. The lowest BCUT2D eigenvalue weighted by Crippen LogP contribution is -2.35. The molecule has 9 nitrogen and oxygen atoms in total. The van der Waals surface area contributed by atoms with E-state index in [-0.39, 0.29) is 25.5 Å². The first-order valence-corrected chi connectivity index (χ1v) is 11.0. The van der Waals surface area contributed by atoms with E-state index in [9.17, 15) is 14.0 Å². The summed E-state index contributed by atoms with van der Waals surface area (Å²) in [5, 5.41) is 4.61. The molecule has 0 spiro atoms. The largest absolute Gasteiger partial charge is 0.369 e. The monoisotopic (exact) mass is 461 g/mol. The van der Waals surface area contributed by atoms with Gasteiger partial charge in [0.05, 0.1) is 30.4 Å². The number of nitrogens with two attached hydrogens (primary N) is 1. The molecule has 10 heteroatoms. The van der Waals surface area contributed by atoms with Gasteiger partial charge in [0.1, 0.15) is 6.17 Å². The van der Waals surface area contributed by atoms with Gasteiger partial charge < -0.3 is 10.6 Å². The topological polar surface area (TPSA) is 111 Å². The Bertz CT molecular complexity index is 1430. The number of carbonyl (C=O) groups is 1. The first-order chi connectivity index (χ1) is 16.4. The Morgan fingerprint density at radius 2 is 1.82 bits per heavy atom. The Morgan fingerprint density at radius 1 is 1.12 bits per heavy atom. The van der Waals surface area contributed by atoms with Gasteiger partial charge >= 0.3 is 5.69 Å². The minimum absolute atomic E-state index is 0.00149. The molecule has 4 heterocycles. The number of carbonyl (C=O) groups excluding carboxylic acids is 1. The Kier molecular flexibility index (Phi) is 5.35. The molecule has 1 aliphatic rings. The summed E-state index contributed by atoms with van der Waals surface area (Å²) < 4.78 is 16.4. The lowest BCUT2D eigenvalue weighted by Gasteiger charge is -2.18. The number of hydrogen-bond acceptors (Lipinski definition) is 6. The van der Waals surface area contributed by atoms with Crippen LogP contribution in [0.5, 0.6) is 0 Å². The normalized spacial score (nSPS) is 18.0. The molecule has 1 fully saturated rings. The molecule has 1 saturated heterocycles. The molecule has 0 unspecified atom stereocenters. The van der Waals surface area contributed by atoms with E-state index in [0.29, 0.717) is 23.3 Å². The molecule has 0 saturated carbocycles. The number of amides is 1. The summed E-state index contributed by atoms with van der Waals surface area (Å²) in [6, 6.07) is 12.9. The van der Waals surface area contributed by atoms with Crippen molar-refractivity contribution in [3.8, 4) is 22.4 Å². The van der Waals surface area contributed by atoms with Crippen LogP contribution >= 0.6 is 0 Å². The van der Waals surface area contributed by atoms with E-state index >= 15 is 0 Å². The van der Waals surface area contributed by atoms with E-state index in [1.54, 1.807) is 0 Å². The van der Waals surface area contributed by atoms with Gasteiger partial charge in [0.25, 0.3) is 0 Å². The summed E-state index contributed by atoms with van der Waals surface area (Å²) in [6.07, 6.45) is -0.363. The van der Waals surface area contributed by atoms with Gasteiger partial charge in [0.15, 0.2) is 5.65 Å². The van der Waals surface area contributed by atoms with E-state index < -0.39 is 17.9 Å². The summed E-state index contributed by atoms with van der Waals surface area (Å²) in [5.74, 6) is -0.00149. The second kappa shape index (κ2) is 8.36. The van der Waals surface area contributed by atoms with Gasteiger partial charge in [-0.15, -0.1) is 5.10 Å². The Morgan fingerprint density at radius 3 is 2.50 bits per heavy atom. The smallest absolute Gasteiger partial charge is 0.353 e. The quantitative estimate of drug-likeness (QED) is 0.457. The Hall–Kier alpha value is -4.08. The van der Waals surface area contributed by atoms with Crippen LogP contribution in [0.3, 0.4) is 0 Å². The molecule has 34 heavy (non-hydrogen) atoms. The Balaban J connectivity index is 1.76. The number of pyridine rings is 1. The fourth-order valence-electron chi connectivity index (χ4n) is 4.66. The van der Waals surface area contributed by atoms with Gasteiger partial charge in [0.2, 0.25) is 12.4 Å². The summed E-state index contributed by atoms with van der Waals surface area (Å²) in [6.45, 7) is 3.87. The van der Waals surface area contributed by atoms with Crippen LogP contribution in [0.4, 0.5) is 10.3 Å². The highest BCUT2D eigenvalue weighted by atomic mass is 19.1. The van der Waals surface area contributed by atoms with Crippen LogP contribution in [-0.4, -0.2) is 54.2 Å². The average molecular weight is 462 g/mol. The summed E-state index contributed by atoms with van der Waals surface area (Å²) in [4.78, 5) is 35.1. The van der Waals surface area contributed by atoms with Crippen molar-refractivity contribution >= 4 is 18.0 Å². The molecule has 1 aromatic carbocycles. The highest BCUT2D eigenvalue weighted by molar-refractivity contribution is 5.90. The lowest BCUT2D eigenvalue weighted by atomic mass is 9.99. The zero-order valence-electron chi connectivity index (χ0n) is 18.8. The number of aryl methyl sites for hydroxylation is 2. The number of halogens is 1. The predicted octanol–water partition coefficient (Wildman–Crippen LogP) is 2.39. The standard InChI is InChI=1S/C24H24FN7O2/c1-14-8-17(9-15(2)27-14)20-21(16-6-4-3-5-7-16)28-23(26)32-22(20)29-31(24(32)34)12-19-10-18(25)11-30(19)13-33/h3-9,13,18-19H,10-12H2,1-2H3,(H2,26,28)/t18-,19+/m0/s1. The highest BCUT2D eigenvalue weighted by Crippen LogP contribution is 2.35. The molecule has 1 amide bonds. The second-order valence-electron chi connectivity index (χ2n) is 8.61. The van der Waals surface area contributed by atoms with Crippen LogP contribution in [0.2, 0.25) is 0 Å². The van der Waals surface area contributed by atoms with Crippen molar-refractivity contribution in [2.45, 2.75) is 39.0 Å². The van der Waals surface area contributed by atoms with Gasteiger partial charge in [-0.2, -0.15) is 0 Å².